The van der Waals surface area contributed by atoms with Crippen LogP contribution in [-0.2, 0) is 9.53 Å². The summed E-state index contributed by atoms with van der Waals surface area (Å²) < 4.78 is 4.96. The number of hydrogen-bond donors (Lipinski definition) is 1. The lowest BCUT2D eigenvalue weighted by atomic mass is 9.99. The van der Waals surface area contributed by atoms with Crippen LogP contribution in [0.2, 0.25) is 0 Å². The summed E-state index contributed by atoms with van der Waals surface area (Å²) in [5.74, 6) is -0.121. The van der Waals surface area contributed by atoms with E-state index in [0.717, 1.165) is 0 Å². The van der Waals surface area contributed by atoms with Crippen LogP contribution in [0, 0.1) is 0 Å². The summed E-state index contributed by atoms with van der Waals surface area (Å²) in [4.78, 5) is 11.4. The average molecular weight is 242 g/mol. The van der Waals surface area contributed by atoms with Crippen LogP contribution in [0.25, 0.3) is 0 Å². The van der Waals surface area contributed by atoms with E-state index < -0.39 is 0 Å². The van der Waals surface area contributed by atoms with Crippen LogP contribution in [-0.4, -0.2) is 35.7 Å². The van der Waals surface area contributed by atoms with E-state index in [4.69, 9.17) is 4.74 Å². The molecule has 0 aromatic heterocycles. The topological polar surface area (TPSA) is 41.6 Å². The van der Waals surface area contributed by atoms with Gasteiger partial charge in [-0.2, -0.15) is 0 Å². The molecule has 0 saturated carbocycles. The van der Waals surface area contributed by atoms with Crippen molar-refractivity contribution in [3.05, 3.63) is 0 Å². The SMILES string of the molecule is CCOC(=O)CC(C)NN1C(C)CCCC1C. The summed E-state index contributed by atoms with van der Waals surface area (Å²) in [7, 11) is 0. The fourth-order valence-electron chi connectivity index (χ4n) is 2.45. The number of hydrogen-bond acceptors (Lipinski definition) is 4. The van der Waals surface area contributed by atoms with Crippen molar-refractivity contribution in [2.75, 3.05) is 6.61 Å². The number of rotatable bonds is 5. The Bertz CT molecular complexity index is 236. The molecule has 1 saturated heterocycles. The molecular formula is C13H26N2O2. The zero-order chi connectivity index (χ0) is 12.8. The first kappa shape index (κ1) is 14.5. The third-order valence-electron chi connectivity index (χ3n) is 3.34. The molecule has 1 rings (SSSR count). The van der Waals surface area contributed by atoms with Crippen LogP contribution in [0.5, 0.6) is 0 Å². The van der Waals surface area contributed by atoms with Gasteiger partial charge in [-0.3, -0.25) is 10.2 Å². The molecule has 0 aromatic carbocycles. The first-order valence-electron chi connectivity index (χ1n) is 6.74. The minimum absolute atomic E-state index is 0.121. The van der Waals surface area contributed by atoms with Crippen LogP contribution in [0.1, 0.15) is 53.4 Å². The fourth-order valence-corrected chi connectivity index (χ4v) is 2.45. The predicted octanol–water partition coefficient (Wildman–Crippen LogP) is 2.10. The number of hydrazine groups is 1. The number of nitrogens with zero attached hydrogens (tertiary/aromatic N) is 1. The van der Waals surface area contributed by atoms with Gasteiger partial charge in [0.15, 0.2) is 0 Å². The normalized spacial score (nSPS) is 27.8. The van der Waals surface area contributed by atoms with Crippen molar-refractivity contribution in [1.29, 1.82) is 0 Å². The molecule has 1 fully saturated rings. The van der Waals surface area contributed by atoms with E-state index in [-0.39, 0.29) is 12.0 Å². The van der Waals surface area contributed by atoms with Gasteiger partial charge in [0.1, 0.15) is 0 Å². The van der Waals surface area contributed by atoms with Gasteiger partial charge in [-0.15, -0.1) is 0 Å². The molecule has 1 aliphatic heterocycles. The molecule has 0 amide bonds. The molecule has 0 aliphatic carbocycles. The number of carbonyl (C=O) groups is 1. The van der Waals surface area contributed by atoms with E-state index in [1.165, 1.54) is 19.3 Å². The maximum absolute atomic E-state index is 11.4. The largest absolute Gasteiger partial charge is 0.466 e. The van der Waals surface area contributed by atoms with Gasteiger partial charge in [-0.05, 0) is 40.5 Å². The third-order valence-corrected chi connectivity index (χ3v) is 3.34. The van der Waals surface area contributed by atoms with Gasteiger partial charge < -0.3 is 4.74 Å². The summed E-state index contributed by atoms with van der Waals surface area (Å²) in [5.41, 5.74) is 3.44. The van der Waals surface area contributed by atoms with E-state index in [9.17, 15) is 4.79 Å². The first-order chi connectivity index (χ1) is 8.04. The van der Waals surface area contributed by atoms with Gasteiger partial charge in [-0.25, -0.2) is 5.01 Å². The van der Waals surface area contributed by atoms with Crippen LogP contribution < -0.4 is 5.43 Å². The Morgan fingerprint density at radius 2 is 2.00 bits per heavy atom. The van der Waals surface area contributed by atoms with Crippen LogP contribution in [0.15, 0.2) is 0 Å². The molecule has 4 nitrogen and oxygen atoms in total. The van der Waals surface area contributed by atoms with Gasteiger partial charge in [0.2, 0.25) is 0 Å². The maximum Gasteiger partial charge on any atom is 0.307 e. The highest BCUT2D eigenvalue weighted by Crippen LogP contribution is 2.20. The second-order valence-corrected chi connectivity index (χ2v) is 5.08. The maximum atomic E-state index is 11.4. The van der Waals surface area contributed by atoms with Gasteiger partial charge in [-0.1, -0.05) is 6.42 Å². The predicted molar refractivity (Wildman–Crippen MR) is 68.5 cm³/mol. The lowest BCUT2D eigenvalue weighted by molar-refractivity contribution is -0.144. The van der Waals surface area contributed by atoms with Crippen LogP contribution in [0.3, 0.4) is 0 Å². The summed E-state index contributed by atoms with van der Waals surface area (Å²) >= 11 is 0. The second-order valence-electron chi connectivity index (χ2n) is 5.08. The van der Waals surface area contributed by atoms with Crippen LogP contribution >= 0.6 is 0 Å². The lowest BCUT2D eigenvalue weighted by Crippen LogP contribution is -2.55. The van der Waals surface area contributed by atoms with E-state index in [1.54, 1.807) is 0 Å². The smallest absolute Gasteiger partial charge is 0.307 e. The third kappa shape index (κ3) is 4.64. The first-order valence-corrected chi connectivity index (χ1v) is 6.74. The minimum Gasteiger partial charge on any atom is -0.466 e. The Labute approximate surface area is 105 Å². The zero-order valence-electron chi connectivity index (χ0n) is 11.5. The van der Waals surface area contributed by atoms with Crippen LogP contribution in [0.4, 0.5) is 0 Å². The quantitative estimate of drug-likeness (QED) is 0.750. The molecule has 3 atom stereocenters. The van der Waals surface area contributed by atoms with Crippen molar-refractivity contribution < 1.29 is 9.53 Å². The van der Waals surface area contributed by atoms with Crippen molar-refractivity contribution in [1.82, 2.24) is 10.4 Å². The lowest BCUT2D eigenvalue weighted by Gasteiger charge is -2.40. The average Bonchev–Trinajstić information content (AvgIpc) is 2.24. The fraction of sp³-hybridized carbons (Fsp3) is 0.923. The molecule has 1 heterocycles. The molecule has 1 N–H and O–H groups in total. The molecule has 3 unspecified atom stereocenters. The van der Waals surface area contributed by atoms with E-state index in [1.807, 2.05) is 13.8 Å². The van der Waals surface area contributed by atoms with Gasteiger partial charge in [0, 0.05) is 18.1 Å². The van der Waals surface area contributed by atoms with E-state index >= 15 is 0 Å². The van der Waals surface area contributed by atoms with Crippen molar-refractivity contribution in [2.45, 2.75) is 71.5 Å². The second kappa shape index (κ2) is 6.97. The molecule has 0 aromatic rings. The standard InChI is InChI=1S/C13H26N2O2/c1-5-17-13(16)9-10(2)14-15-11(3)7-6-8-12(15)4/h10-12,14H,5-9H2,1-4H3. The molecule has 0 radical (unpaired) electrons. The highest BCUT2D eigenvalue weighted by Gasteiger charge is 2.26. The molecule has 100 valence electrons. The summed E-state index contributed by atoms with van der Waals surface area (Å²) in [6, 6.07) is 1.23. The van der Waals surface area contributed by atoms with Gasteiger partial charge >= 0.3 is 5.97 Å². The molecule has 17 heavy (non-hydrogen) atoms. The van der Waals surface area contributed by atoms with Crippen molar-refractivity contribution in [3.63, 3.8) is 0 Å². The molecule has 0 bridgehead atoms. The Hall–Kier alpha value is -0.610. The van der Waals surface area contributed by atoms with Gasteiger partial charge in [0.05, 0.1) is 13.0 Å². The Balaban J connectivity index is 2.38. The Kier molecular flexibility index (Phi) is 5.92. The molecule has 0 spiro atoms. The Morgan fingerprint density at radius 3 is 2.53 bits per heavy atom. The molecule has 4 heteroatoms. The highest BCUT2D eigenvalue weighted by molar-refractivity contribution is 5.69. The number of piperidine rings is 1. The number of nitrogens with one attached hydrogen (secondary N) is 1. The molecular weight excluding hydrogens is 216 g/mol. The summed E-state index contributed by atoms with van der Waals surface area (Å²) in [6.07, 6.45) is 4.18. The highest BCUT2D eigenvalue weighted by atomic mass is 16.5. The van der Waals surface area contributed by atoms with Crippen molar-refractivity contribution >= 4 is 5.97 Å². The van der Waals surface area contributed by atoms with Gasteiger partial charge in [0.25, 0.3) is 0 Å². The molecule has 1 aliphatic rings. The number of carbonyl (C=O) groups excluding carboxylic acids is 1. The van der Waals surface area contributed by atoms with Crippen molar-refractivity contribution in [3.8, 4) is 0 Å². The zero-order valence-corrected chi connectivity index (χ0v) is 11.5. The summed E-state index contributed by atoms with van der Waals surface area (Å²) in [6.45, 7) is 8.80. The number of esters is 1. The number of ether oxygens (including phenoxy) is 1. The Morgan fingerprint density at radius 1 is 1.41 bits per heavy atom. The van der Waals surface area contributed by atoms with E-state index in [0.29, 0.717) is 25.1 Å². The van der Waals surface area contributed by atoms with Crippen molar-refractivity contribution in [2.24, 2.45) is 0 Å². The van der Waals surface area contributed by atoms with E-state index in [2.05, 4.69) is 24.3 Å². The minimum atomic E-state index is -0.121. The monoisotopic (exact) mass is 242 g/mol. The summed E-state index contributed by atoms with van der Waals surface area (Å²) in [5, 5.41) is 2.30.